The van der Waals surface area contributed by atoms with E-state index in [-0.39, 0.29) is 17.7 Å². The van der Waals surface area contributed by atoms with Crippen LogP contribution in [0.2, 0.25) is 0 Å². The molecule has 0 saturated carbocycles. The summed E-state index contributed by atoms with van der Waals surface area (Å²) < 4.78 is 0. The lowest BCUT2D eigenvalue weighted by atomic mass is 9.90. The van der Waals surface area contributed by atoms with E-state index in [9.17, 15) is 9.59 Å². The van der Waals surface area contributed by atoms with Crippen molar-refractivity contribution in [3.05, 3.63) is 0 Å². The van der Waals surface area contributed by atoms with Gasteiger partial charge in [0.05, 0.1) is 0 Å². The molecule has 1 aliphatic heterocycles. The molecule has 1 heterocycles. The van der Waals surface area contributed by atoms with Crippen LogP contribution in [0.4, 0.5) is 0 Å². The Labute approximate surface area is 103 Å². The fraction of sp³-hybridized carbons (Fsp3) is 0.846. The van der Waals surface area contributed by atoms with E-state index in [4.69, 9.17) is 5.11 Å². The number of amides is 1. The monoisotopic (exact) mass is 241 g/mol. The van der Waals surface area contributed by atoms with Crippen LogP contribution in [0.25, 0.3) is 0 Å². The topological polar surface area (TPSA) is 57.6 Å². The van der Waals surface area contributed by atoms with E-state index in [0.717, 1.165) is 19.3 Å². The van der Waals surface area contributed by atoms with Crippen LogP contribution in [0.15, 0.2) is 0 Å². The second kappa shape index (κ2) is 6.03. The molecular formula is C13H23NO3. The number of aliphatic carboxylic acids is 1. The van der Waals surface area contributed by atoms with Gasteiger partial charge in [0, 0.05) is 12.5 Å². The molecular weight excluding hydrogens is 218 g/mol. The Balaban J connectivity index is 2.75. The highest BCUT2D eigenvalue weighted by atomic mass is 16.4. The Hall–Kier alpha value is -1.06. The second-order valence-corrected chi connectivity index (χ2v) is 5.17. The third kappa shape index (κ3) is 3.20. The molecule has 98 valence electrons. The van der Waals surface area contributed by atoms with E-state index in [1.54, 1.807) is 4.90 Å². The Morgan fingerprint density at radius 1 is 1.41 bits per heavy atom. The van der Waals surface area contributed by atoms with Crippen molar-refractivity contribution >= 4 is 11.9 Å². The summed E-state index contributed by atoms with van der Waals surface area (Å²) in [7, 11) is 0. The predicted octanol–water partition coefficient (Wildman–Crippen LogP) is 2.13. The first-order valence-corrected chi connectivity index (χ1v) is 6.52. The van der Waals surface area contributed by atoms with Crippen LogP contribution >= 0.6 is 0 Å². The summed E-state index contributed by atoms with van der Waals surface area (Å²) in [6.45, 7) is 6.72. The van der Waals surface area contributed by atoms with E-state index in [2.05, 4.69) is 6.92 Å². The zero-order valence-electron chi connectivity index (χ0n) is 11.0. The highest BCUT2D eigenvalue weighted by Gasteiger charge is 2.37. The van der Waals surface area contributed by atoms with E-state index in [1.165, 1.54) is 0 Å². The molecule has 0 aromatic heterocycles. The van der Waals surface area contributed by atoms with Crippen molar-refractivity contribution in [1.82, 2.24) is 4.90 Å². The number of hydrogen-bond donors (Lipinski definition) is 1. The minimum atomic E-state index is -0.866. The third-order valence-corrected chi connectivity index (χ3v) is 3.54. The molecule has 1 fully saturated rings. The highest BCUT2D eigenvalue weighted by Crippen LogP contribution is 2.25. The summed E-state index contributed by atoms with van der Waals surface area (Å²) in [5.41, 5.74) is 0. The van der Waals surface area contributed by atoms with Crippen molar-refractivity contribution in [3.63, 3.8) is 0 Å². The van der Waals surface area contributed by atoms with Gasteiger partial charge in [0.2, 0.25) is 5.91 Å². The molecule has 1 amide bonds. The van der Waals surface area contributed by atoms with Gasteiger partial charge in [-0.15, -0.1) is 0 Å². The Bertz CT molecular complexity index is 288. The van der Waals surface area contributed by atoms with Crippen LogP contribution in [-0.4, -0.2) is 34.5 Å². The molecule has 17 heavy (non-hydrogen) atoms. The van der Waals surface area contributed by atoms with E-state index in [1.807, 2.05) is 13.8 Å². The van der Waals surface area contributed by atoms with Crippen molar-refractivity contribution < 1.29 is 14.7 Å². The van der Waals surface area contributed by atoms with Gasteiger partial charge in [-0.1, -0.05) is 27.2 Å². The smallest absolute Gasteiger partial charge is 0.326 e. The molecule has 0 radical (unpaired) electrons. The quantitative estimate of drug-likeness (QED) is 0.802. The zero-order valence-corrected chi connectivity index (χ0v) is 11.0. The number of carbonyl (C=O) groups is 2. The minimum Gasteiger partial charge on any atom is -0.480 e. The van der Waals surface area contributed by atoms with Crippen molar-refractivity contribution in [2.75, 3.05) is 6.54 Å². The predicted molar refractivity (Wildman–Crippen MR) is 65.6 cm³/mol. The van der Waals surface area contributed by atoms with Crippen LogP contribution in [0.3, 0.4) is 0 Å². The summed E-state index contributed by atoms with van der Waals surface area (Å²) >= 11 is 0. The number of rotatable bonds is 5. The van der Waals surface area contributed by atoms with Gasteiger partial charge in [-0.3, -0.25) is 4.79 Å². The summed E-state index contributed by atoms with van der Waals surface area (Å²) in [5, 5.41) is 9.09. The minimum absolute atomic E-state index is 0.0278. The average molecular weight is 241 g/mol. The van der Waals surface area contributed by atoms with Crippen LogP contribution in [0.1, 0.15) is 46.5 Å². The van der Waals surface area contributed by atoms with Crippen molar-refractivity contribution in [2.45, 2.75) is 52.5 Å². The van der Waals surface area contributed by atoms with Crippen LogP contribution < -0.4 is 0 Å². The van der Waals surface area contributed by atoms with Gasteiger partial charge in [0.15, 0.2) is 0 Å². The largest absolute Gasteiger partial charge is 0.480 e. The fourth-order valence-electron chi connectivity index (χ4n) is 2.55. The molecule has 0 aliphatic carbocycles. The fourth-order valence-corrected chi connectivity index (χ4v) is 2.55. The van der Waals surface area contributed by atoms with Crippen molar-refractivity contribution in [3.8, 4) is 0 Å². The standard InChI is InChI=1S/C13H23NO3/c1-4-6-10(9(2)3)12(15)14-8-5-7-11(14)13(16)17/h9-11H,4-8H2,1-3H3,(H,16,17)/t10?,11-/m1/s1. The summed E-state index contributed by atoms with van der Waals surface area (Å²) in [4.78, 5) is 25.0. The molecule has 1 rings (SSSR count). The average Bonchev–Trinajstić information content (AvgIpc) is 2.73. The Morgan fingerprint density at radius 3 is 2.53 bits per heavy atom. The second-order valence-electron chi connectivity index (χ2n) is 5.17. The molecule has 0 bridgehead atoms. The molecule has 2 atom stereocenters. The summed E-state index contributed by atoms with van der Waals surface area (Å²) in [6, 6.07) is -0.597. The third-order valence-electron chi connectivity index (χ3n) is 3.54. The maximum atomic E-state index is 12.4. The van der Waals surface area contributed by atoms with Gasteiger partial charge < -0.3 is 10.0 Å². The molecule has 0 aromatic carbocycles. The van der Waals surface area contributed by atoms with Crippen LogP contribution in [-0.2, 0) is 9.59 Å². The maximum absolute atomic E-state index is 12.4. The number of carboxylic acid groups (broad SMARTS) is 1. The van der Waals surface area contributed by atoms with Gasteiger partial charge in [0.25, 0.3) is 0 Å². The molecule has 0 aromatic rings. The number of carboxylic acids is 1. The SMILES string of the molecule is CCCC(C(=O)N1CCC[C@@H]1C(=O)O)C(C)C. The van der Waals surface area contributed by atoms with Gasteiger partial charge in [-0.05, 0) is 25.2 Å². The molecule has 4 heteroatoms. The van der Waals surface area contributed by atoms with Crippen LogP contribution in [0, 0.1) is 11.8 Å². The maximum Gasteiger partial charge on any atom is 0.326 e. The van der Waals surface area contributed by atoms with E-state index < -0.39 is 12.0 Å². The molecule has 4 nitrogen and oxygen atoms in total. The molecule has 1 aliphatic rings. The number of carbonyl (C=O) groups excluding carboxylic acids is 1. The Morgan fingerprint density at radius 2 is 2.06 bits per heavy atom. The number of nitrogens with zero attached hydrogens (tertiary/aromatic N) is 1. The first kappa shape index (κ1) is 14.0. The van der Waals surface area contributed by atoms with Crippen molar-refractivity contribution in [1.29, 1.82) is 0 Å². The van der Waals surface area contributed by atoms with E-state index in [0.29, 0.717) is 13.0 Å². The lowest BCUT2D eigenvalue weighted by Crippen LogP contribution is -2.44. The molecule has 1 unspecified atom stereocenters. The zero-order chi connectivity index (χ0) is 13.0. The van der Waals surface area contributed by atoms with E-state index >= 15 is 0 Å². The van der Waals surface area contributed by atoms with Gasteiger partial charge in [-0.25, -0.2) is 4.79 Å². The molecule has 1 saturated heterocycles. The molecule has 0 spiro atoms. The first-order chi connectivity index (χ1) is 7.99. The Kier molecular flexibility index (Phi) is 4.97. The normalized spacial score (nSPS) is 21.9. The lowest BCUT2D eigenvalue weighted by Gasteiger charge is -2.28. The van der Waals surface area contributed by atoms with Gasteiger partial charge >= 0.3 is 5.97 Å². The van der Waals surface area contributed by atoms with Gasteiger partial charge in [0.1, 0.15) is 6.04 Å². The van der Waals surface area contributed by atoms with Crippen LogP contribution in [0.5, 0.6) is 0 Å². The number of likely N-dealkylation sites (tertiary alicyclic amines) is 1. The highest BCUT2D eigenvalue weighted by molar-refractivity contribution is 5.85. The molecule has 1 N–H and O–H groups in total. The lowest BCUT2D eigenvalue weighted by molar-refractivity contribution is -0.150. The first-order valence-electron chi connectivity index (χ1n) is 6.52. The van der Waals surface area contributed by atoms with Crippen molar-refractivity contribution in [2.24, 2.45) is 11.8 Å². The van der Waals surface area contributed by atoms with Gasteiger partial charge in [-0.2, -0.15) is 0 Å². The number of hydrogen-bond acceptors (Lipinski definition) is 2. The summed E-state index contributed by atoms with van der Waals surface area (Å²) in [5.74, 6) is -0.584. The summed E-state index contributed by atoms with van der Waals surface area (Å²) in [6.07, 6.45) is 3.21.